The molecule has 1 aliphatic heterocycles. The number of benzene rings is 1. The molecule has 0 radical (unpaired) electrons. The average Bonchev–Trinajstić information content (AvgIpc) is 2.49. The van der Waals surface area contributed by atoms with Crippen molar-refractivity contribution >= 4 is 23.0 Å². The summed E-state index contributed by atoms with van der Waals surface area (Å²) in [5.74, 6) is 0. The highest BCUT2D eigenvalue weighted by atomic mass is 32.1. The third kappa shape index (κ3) is 4.17. The lowest BCUT2D eigenvalue weighted by atomic mass is 10.0. The Morgan fingerprint density at radius 1 is 1.29 bits per heavy atom. The number of rotatable bonds is 3. The van der Waals surface area contributed by atoms with Crippen molar-refractivity contribution < 1.29 is 0 Å². The fraction of sp³-hybridized carbons (Fsp3) is 0.588. The number of nitrogens with one attached hydrogen (secondary N) is 1. The summed E-state index contributed by atoms with van der Waals surface area (Å²) >= 11 is 5.57. The van der Waals surface area contributed by atoms with Gasteiger partial charge in [-0.15, -0.1) is 0 Å². The Morgan fingerprint density at radius 2 is 1.90 bits per heavy atom. The van der Waals surface area contributed by atoms with Crippen LogP contribution in [0, 0.1) is 6.92 Å². The van der Waals surface area contributed by atoms with Crippen LogP contribution in [0.25, 0.3) is 0 Å². The number of hydrogen-bond acceptors (Lipinski definition) is 2. The zero-order chi connectivity index (χ0) is 15.4. The van der Waals surface area contributed by atoms with Gasteiger partial charge >= 0.3 is 0 Å². The van der Waals surface area contributed by atoms with Gasteiger partial charge < -0.3 is 15.1 Å². The van der Waals surface area contributed by atoms with Crippen LogP contribution in [0.3, 0.4) is 0 Å². The molecule has 0 aliphatic carbocycles. The van der Waals surface area contributed by atoms with Gasteiger partial charge in [0.25, 0.3) is 0 Å². The normalized spacial score (nSPS) is 16.6. The molecule has 4 heteroatoms. The lowest BCUT2D eigenvalue weighted by Crippen LogP contribution is -2.48. The van der Waals surface area contributed by atoms with Gasteiger partial charge in [-0.1, -0.05) is 18.2 Å². The highest BCUT2D eigenvalue weighted by Crippen LogP contribution is 2.19. The summed E-state index contributed by atoms with van der Waals surface area (Å²) in [5.41, 5.74) is 2.35. The number of hydrogen-bond donors (Lipinski definition) is 1. The molecular weight excluding hydrogens is 278 g/mol. The van der Waals surface area contributed by atoms with E-state index >= 15 is 0 Å². The molecule has 1 N–H and O–H groups in total. The van der Waals surface area contributed by atoms with Crippen LogP contribution in [0.4, 0.5) is 5.69 Å². The summed E-state index contributed by atoms with van der Waals surface area (Å²) in [7, 11) is 2.23. The minimum Gasteiger partial charge on any atom is -0.349 e. The van der Waals surface area contributed by atoms with E-state index in [0.717, 1.165) is 23.9 Å². The predicted octanol–water partition coefficient (Wildman–Crippen LogP) is 3.50. The Labute approximate surface area is 134 Å². The molecule has 0 amide bonds. The smallest absolute Gasteiger partial charge is 0.173 e. The van der Waals surface area contributed by atoms with Gasteiger partial charge in [0.1, 0.15) is 0 Å². The van der Waals surface area contributed by atoms with Crippen molar-refractivity contribution in [1.82, 2.24) is 9.80 Å². The summed E-state index contributed by atoms with van der Waals surface area (Å²) in [6.07, 6.45) is 2.37. The zero-order valence-electron chi connectivity index (χ0n) is 13.6. The van der Waals surface area contributed by atoms with Crippen molar-refractivity contribution in [2.24, 2.45) is 0 Å². The van der Waals surface area contributed by atoms with E-state index < -0.39 is 0 Å². The number of para-hydroxylation sites is 1. The summed E-state index contributed by atoms with van der Waals surface area (Å²) in [5, 5.41) is 4.25. The zero-order valence-corrected chi connectivity index (χ0v) is 14.4. The number of piperidine rings is 1. The van der Waals surface area contributed by atoms with Crippen LogP contribution in [-0.4, -0.2) is 47.1 Å². The highest BCUT2D eigenvalue weighted by molar-refractivity contribution is 7.80. The first-order valence-corrected chi connectivity index (χ1v) is 8.23. The first-order valence-electron chi connectivity index (χ1n) is 7.82. The maximum absolute atomic E-state index is 5.57. The molecule has 3 nitrogen and oxygen atoms in total. The van der Waals surface area contributed by atoms with Gasteiger partial charge in [-0.05, 0) is 64.5 Å². The van der Waals surface area contributed by atoms with Gasteiger partial charge in [-0.3, -0.25) is 0 Å². The summed E-state index contributed by atoms with van der Waals surface area (Å²) in [4.78, 5) is 4.78. The van der Waals surface area contributed by atoms with Gasteiger partial charge in [0, 0.05) is 30.9 Å². The molecule has 0 saturated carbocycles. The lowest BCUT2D eigenvalue weighted by Gasteiger charge is -2.39. The van der Waals surface area contributed by atoms with E-state index in [-0.39, 0.29) is 0 Å². The molecule has 1 saturated heterocycles. The van der Waals surface area contributed by atoms with Crippen LogP contribution in [0.1, 0.15) is 32.3 Å². The van der Waals surface area contributed by atoms with Gasteiger partial charge in [0.2, 0.25) is 0 Å². The molecule has 0 spiro atoms. The van der Waals surface area contributed by atoms with E-state index in [0.29, 0.717) is 12.1 Å². The fourth-order valence-electron chi connectivity index (χ4n) is 2.81. The number of anilines is 1. The fourth-order valence-corrected chi connectivity index (χ4v) is 3.10. The predicted molar refractivity (Wildman–Crippen MR) is 94.9 cm³/mol. The molecule has 0 unspecified atom stereocenters. The molecule has 0 aromatic heterocycles. The van der Waals surface area contributed by atoms with Crippen LogP contribution >= 0.6 is 12.2 Å². The minimum absolute atomic E-state index is 0.610. The number of likely N-dealkylation sites (tertiary alicyclic amines) is 1. The van der Waals surface area contributed by atoms with Crippen LogP contribution in [0.5, 0.6) is 0 Å². The first kappa shape index (κ1) is 16.2. The van der Waals surface area contributed by atoms with Gasteiger partial charge in [0.15, 0.2) is 5.11 Å². The Kier molecular flexibility index (Phi) is 5.59. The Balaban J connectivity index is 1.88. The molecule has 1 aromatic rings. The Hall–Kier alpha value is -1.13. The SMILES string of the molecule is Cc1ccccc1NC(=S)N1CCC(N(C)C(C)C)CC1. The number of nitrogens with zero attached hydrogens (tertiary/aromatic N) is 2. The largest absolute Gasteiger partial charge is 0.349 e. The monoisotopic (exact) mass is 305 g/mol. The molecule has 1 fully saturated rings. The first-order chi connectivity index (χ1) is 9.99. The molecule has 1 aliphatic rings. The Morgan fingerprint density at radius 3 is 2.48 bits per heavy atom. The summed E-state index contributed by atoms with van der Waals surface area (Å²) in [6, 6.07) is 9.58. The summed E-state index contributed by atoms with van der Waals surface area (Å²) < 4.78 is 0. The third-order valence-electron chi connectivity index (χ3n) is 4.53. The second kappa shape index (κ2) is 7.23. The topological polar surface area (TPSA) is 18.5 Å². The van der Waals surface area contributed by atoms with E-state index in [1.54, 1.807) is 0 Å². The molecule has 116 valence electrons. The van der Waals surface area contributed by atoms with Crippen LogP contribution in [0.2, 0.25) is 0 Å². The van der Waals surface area contributed by atoms with E-state index in [4.69, 9.17) is 12.2 Å². The van der Waals surface area contributed by atoms with Crippen molar-refractivity contribution in [3.8, 4) is 0 Å². The van der Waals surface area contributed by atoms with Crippen molar-refractivity contribution in [2.75, 3.05) is 25.5 Å². The lowest BCUT2D eigenvalue weighted by molar-refractivity contribution is 0.136. The van der Waals surface area contributed by atoms with Crippen LogP contribution in [0.15, 0.2) is 24.3 Å². The van der Waals surface area contributed by atoms with E-state index in [2.05, 4.69) is 61.1 Å². The van der Waals surface area contributed by atoms with Crippen molar-refractivity contribution in [2.45, 2.75) is 45.7 Å². The maximum Gasteiger partial charge on any atom is 0.173 e. The average molecular weight is 305 g/mol. The van der Waals surface area contributed by atoms with E-state index in [1.165, 1.54) is 18.4 Å². The van der Waals surface area contributed by atoms with Gasteiger partial charge in [-0.2, -0.15) is 0 Å². The standard InChI is InChI=1S/C17H27N3S/c1-13(2)19(4)15-9-11-20(12-10-15)17(21)18-16-8-6-5-7-14(16)3/h5-8,13,15H,9-12H2,1-4H3,(H,18,21). The second-order valence-electron chi connectivity index (χ2n) is 6.22. The maximum atomic E-state index is 5.57. The third-order valence-corrected chi connectivity index (χ3v) is 4.89. The molecule has 21 heavy (non-hydrogen) atoms. The quantitative estimate of drug-likeness (QED) is 0.861. The van der Waals surface area contributed by atoms with Gasteiger partial charge in [0.05, 0.1) is 0 Å². The number of aryl methyl sites for hydroxylation is 1. The minimum atomic E-state index is 0.610. The summed E-state index contributed by atoms with van der Waals surface area (Å²) in [6.45, 7) is 8.71. The molecule has 0 atom stereocenters. The molecule has 1 aromatic carbocycles. The number of thiocarbonyl (C=S) groups is 1. The van der Waals surface area contributed by atoms with Crippen molar-refractivity contribution in [1.29, 1.82) is 0 Å². The van der Waals surface area contributed by atoms with E-state index in [9.17, 15) is 0 Å². The molecule has 1 heterocycles. The Bertz CT molecular complexity index is 479. The molecule has 2 rings (SSSR count). The van der Waals surface area contributed by atoms with Crippen LogP contribution in [-0.2, 0) is 0 Å². The van der Waals surface area contributed by atoms with Crippen molar-refractivity contribution in [3.05, 3.63) is 29.8 Å². The van der Waals surface area contributed by atoms with Gasteiger partial charge in [-0.25, -0.2) is 0 Å². The van der Waals surface area contributed by atoms with Crippen LogP contribution < -0.4 is 5.32 Å². The molecular formula is C17H27N3S. The second-order valence-corrected chi connectivity index (χ2v) is 6.61. The van der Waals surface area contributed by atoms with E-state index in [1.807, 2.05) is 6.07 Å². The molecule has 0 bridgehead atoms. The highest BCUT2D eigenvalue weighted by Gasteiger charge is 2.24. The van der Waals surface area contributed by atoms with Crippen molar-refractivity contribution in [3.63, 3.8) is 0 Å².